The molecule has 0 N–H and O–H groups in total. The van der Waals surface area contributed by atoms with Crippen LogP contribution in [-0.2, 0) is 20.0 Å². The lowest BCUT2D eigenvalue weighted by Gasteiger charge is -2.31. The molecule has 20 heavy (non-hydrogen) atoms. The average Bonchev–Trinajstić information content (AvgIpc) is 2.84. The number of fused-ring (bicyclic) bond motifs is 1. The van der Waals surface area contributed by atoms with Crippen LogP contribution in [0.25, 0.3) is 0 Å². The second kappa shape index (κ2) is 5.07. The highest BCUT2D eigenvalue weighted by molar-refractivity contribution is 5.94. The Bertz CT molecular complexity index is 647. The first-order valence-electron chi connectivity index (χ1n) is 6.87. The fourth-order valence-corrected chi connectivity index (χ4v) is 2.69. The summed E-state index contributed by atoms with van der Waals surface area (Å²) in [4.78, 5) is 18.1. The predicted octanol–water partition coefficient (Wildman–Crippen LogP) is 1.97. The van der Waals surface area contributed by atoms with Gasteiger partial charge >= 0.3 is 0 Å². The van der Waals surface area contributed by atoms with Gasteiger partial charge in [0.05, 0.1) is 6.54 Å². The van der Waals surface area contributed by atoms with Crippen molar-refractivity contribution in [1.82, 2.24) is 14.8 Å². The number of aryl methyl sites for hydroxylation is 2. The summed E-state index contributed by atoms with van der Waals surface area (Å²) in [5, 5.41) is 4.11. The molecule has 0 bridgehead atoms. The van der Waals surface area contributed by atoms with Crippen molar-refractivity contribution in [2.45, 2.75) is 26.3 Å². The molecule has 0 spiro atoms. The highest BCUT2D eigenvalue weighted by atomic mass is 16.1. The summed E-state index contributed by atoms with van der Waals surface area (Å²) in [5.41, 5.74) is 3.26. The number of carbonyl (C=O) groups excluding carboxylic acids is 1. The van der Waals surface area contributed by atoms with Crippen molar-refractivity contribution in [3.8, 4) is 0 Å². The molecule has 5 heteroatoms. The number of anilines is 1. The van der Waals surface area contributed by atoms with Crippen LogP contribution in [-0.4, -0.2) is 27.1 Å². The smallest absolute Gasteiger partial charge is 0.159 e. The van der Waals surface area contributed by atoms with Gasteiger partial charge in [-0.05, 0) is 43.5 Å². The van der Waals surface area contributed by atoms with Crippen LogP contribution in [0, 0.1) is 0 Å². The van der Waals surface area contributed by atoms with Crippen LogP contribution in [0.3, 0.4) is 0 Å². The van der Waals surface area contributed by atoms with Gasteiger partial charge in [-0.25, -0.2) is 4.98 Å². The van der Waals surface area contributed by atoms with Gasteiger partial charge in [-0.1, -0.05) is 0 Å². The van der Waals surface area contributed by atoms with Gasteiger partial charge in [0.2, 0.25) is 0 Å². The number of carbonyl (C=O) groups is 1. The Morgan fingerprint density at radius 2 is 2.25 bits per heavy atom. The molecule has 1 aliphatic rings. The summed E-state index contributed by atoms with van der Waals surface area (Å²) >= 11 is 0. The van der Waals surface area contributed by atoms with Gasteiger partial charge in [-0.3, -0.25) is 9.48 Å². The Morgan fingerprint density at radius 1 is 1.40 bits per heavy atom. The molecule has 0 atom stereocenters. The molecule has 0 fully saturated rings. The van der Waals surface area contributed by atoms with Crippen LogP contribution in [0.1, 0.15) is 35.1 Å². The standard InChI is InChI=1S/C15H18N4O/c1-11(20)12-5-6-14-13(8-12)4-3-7-19(14)9-15-16-10-17-18(15)2/h5-6,8,10H,3-4,7,9H2,1-2H3. The molecular weight excluding hydrogens is 252 g/mol. The van der Waals surface area contributed by atoms with E-state index in [1.54, 1.807) is 17.9 Å². The summed E-state index contributed by atoms with van der Waals surface area (Å²) < 4.78 is 1.80. The number of hydrogen-bond donors (Lipinski definition) is 0. The largest absolute Gasteiger partial charge is 0.364 e. The second-order valence-corrected chi connectivity index (χ2v) is 5.22. The molecule has 0 unspecified atom stereocenters. The van der Waals surface area contributed by atoms with E-state index in [-0.39, 0.29) is 5.78 Å². The molecular formula is C15H18N4O. The molecule has 2 aromatic rings. The van der Waals surface area contributed by atoms with Gasteiger partial charge in [-0.15, -0.1) is 0 Å². The molecule has 104 valence electrons. The predicted molar refractivity (Wildman–Crippen MR) is 76.8 cm³/mol. The number of aromatic nitrogens is 3. The summed E-state index contributed by atoms with van der Waals surface area (Å²) in [5.74, 6) is 1.08. The van der Waals surface area contributed by atoms with E-state index >= 15 is 0 Å². The van der Waals surface area contributed by atoms with E-state index in [1.165, 1.54) is 11.3 Å². The van der Waals surface area contributed by atoms with Crippen LogP contribution < -0.4 is 4.90 Å². The van der Waals surface area contributed by atoms with Crippen LogP contribution in [0.15, 0.2) is 24.5 Å². The lowest BCUT2D eigenvalue weighted by atomic mass is 9.98. The molecule has 0 saturated carbocycles. The molecule has 1 aromatic heterocycles. The van der Waals surface area contributed by atoms with Crippen molar-refractivity contribution < 1.29 is 4.79 Å². The number of nitrogens with zero attached hydrogens (tertiary/aromatic N) is 4. The lowest BCUT2D eigenvalue weighted by molar-refractivity contribution is 0.101. The number of Topliss-reactive ketones (excluding diaryl/α,β-unsaturated/α-hetero) is 1. The first-order valence-corrected chi connectivity index (χ1v) is 6.87. The molecule has 5 nitrogen and oxygen atoms in total. The maximum atomic E-state index is 11.5. The van der Waals surface area contributed by atoms with Gasteiger partial charge in [0, 0.05) is 24.8 Å². The summed E-state index contributed by atoms with van der Waals surface area (Å²) in [7, 11) is 1.91. The van der Waals surface area contributed by atoms with Crippen LogP contribution in [0.2, 0.25) is 0 Å². The van der Waals surface area contributed by atoms with Gasteiger partial charge in [-0.2, -0.15) is 5.10 Å². The Morgan fingerprint density at radius 3 is 2.95 bits per heavy atom. The molecule has 1 aliphatic heterocycles. The van der Waals surface area contributed by atoms with Crippen molar-refractivity contribution in [3.05, 3.63) is 41.5 Å². The minimum atomic E-state index is 0.123. The fourth-order valence-electron chi connectivity index (χ4n) is 2.69. The third-order valence-corrected chi connectivity index (χ3v) is 3.84. The number of hydrogen-bond acceptors (Lipinski definition) is 4. The zero-order valence-electron chi connectivity index (χ0n) is 11.8. The minimum Gasteiger partial charge on any atom is -0.364 e. The van der Waals surface area contributed by atoms with Crippen molar-refractivity contribution in [1.29, 1.82) is 0 Å². The molecule has 0 amide bonds. The van der Waals surface area contributed by atoms with Gasteiger partial charge in [0.25, 0.3) is 0 Å². The first-order chi connectivity index (χ1) is 9.65. The Labute approximate surface area is 118 Å². The minimum absolute atomic E-state index is 0.123. The quantitative estimate of drug-likeness (QED) is 0.800. The van der Waals surface area contributed by atoms with E-state index in [0.717, 1.165) is 37.3 Å². The van der Waals surface area contributed by atoms with Crippen LogP contribution in [0.5, 0.6) is 0 Å². The van der Waals surface area contributed by atoms with Crippen LogP contribution in [0.4, 0.5) is 5.69 Å². The Balaban J connectivity index is 1.90. The molecule has 0 saturated heterocycles. The first kappa shape index (κ1) is 12.8. The topological polar surface area (TPSA) is 51.0 Å². The van der Waals surface area contributed by atoms with Crippen molar-refractivity contribution in [3.63, 3.8) is 0 Å². The van der Waals surface area contributed by atoms with E-state index in [1.807, 2.05) is 19.2 Å². The summed E-state index contributed by atoms with van der Waals surface area (Å²) in [6, 6.07) is 6.00. The lowest BCUT2D eigenvalue weighted by Crippen LogP contribution is -2.30. The van der Waals surface area contributed by atoms with E-state index < -0.39 is 0 Å². The second-order valence-electron chi connectivity index (χ2n) is 5.22. The number of benzene rings is 1. The zero-order chi connectivity index (χ0) is 14.1. The third kappa shape index (κ3) is 2.31. The third-order valence-electron chi connectivity index (χ3n) is 3.84. The molecule has 0 radical (unpaired) electrons. The zero-order valence-corrected chi connectivity index (χ0v) is 11.8. The summed E-state index contributed by atoms with van der Waals surface area (Å²) in [6.45, 7) is 3.38. The molecule has 1 aromatic carbocycles. The Kier molecular flexibility index (Phi) is 3.26. The van der Waals surface area contributed by atoms with Crippen molar-refractivity contribution >= 4 is 11.5 Å². The van der Waals surface area contributed by atoms with Gasteiger partial charge < -0.3 is 4.90 Å². The van der Waals surface area contributed by atoms with E-state index in [9.17, 15) is 4.79 Å². The van der Waals surface area contributed by atoms with Crippen molar-refractivity contribution in [2.24, 2.45) is 7.05 Å². The van der Waals surface area contributed by atoms with Crippen molar-refractivity contribution in [2.75, 3.05) is 11.4 Å². The Hall–Kier alpha value is -2.17. The maximum absolute atomic E-state index is 11.5. The van der Waals surface area contributed by atoms with E-state index in [4.69, 9.17) is 0 Å². The average molecular weight is 270 g/mol. The molecule has 2 heterocycles. The van der Waals surface area contributed by atoms with E-state index in [0.29, 0.717) is 0 Å². The van der Waals surface area contributed by atoms with Gasteiger partial charge in [0.15, 0.2) is 5.78 Å². The number of rotatable bonds is 3. The maximum Gasteiger partial charge on any atom is 0.159 e. The summed E-state index contributed by atoms with van der Waals surface area (Å²) in [6.07, 6.45) is 3.72. The van der Waals surface area contributed by atoms with Gasteiger partial charge in [0.1, 0.15) is 12.2 Å². The molecule has 0 aliphatic carbocycles. The highest BCUT2D eigenvalue weighted by Crippen LogP contribution is 2.29. The highest BCUT2D eigenvalue weighted by Gasteiger charge is 2.19. The van der Waals surface area contributed by atoms with Crippen LogP contribution >= 0.6 is 0 Å². The monoisotopic (exact) mass is 270 g/mol. The SMILES string of the molecule is CC(=O)c1ccc2c(c1)CCCN2Cc1ncnn1C. The fraction of sp³-hybridized carbons (Fsp3) is 0.400. The normalized spacial score (nSPS) is 14.2. The number of ketones is 1. The molecule has 3 rings (SSSR count). The van der Waals surface area contributed by atoms with E-state index in [2.05, 4.69) is 21.0 Å².